The molecule has 2 aliphatic heterocycles. The van der Waals surface area contributed by atoms with Gasteiger partial charge in [0.2, 0.25) is 5.91 Å². The molecule has 2 N–H and O–H groups in total. The highest BCUT2D eigenvalue weighted by atomic mass is 16.5. The quantitative estimate of drug-likeness (QED) is 0.700. The molecule has 2 atom stereocenters. The molecule has 0 aliphatic carbocycles. The van der Waals surface area contributed by atoms with Crippen LogP contribution in [0.3, 0.4) is 0 Å². The first kappa shape index (κ1) is 14.8. The molecule has 2 aliphatic rings. The average molecular weight is 269 g/mol. The Labute approximate surface area is 116 Å². The normalized spacial score (nSPS) is 27.1. The van der Waals surface area contributed by atoms with Crippen LogP contribution in [0.1, 0.15) is 32.6 Å². The molecule has 1 amide bonds. The summed E-state index contributed by atoms with van der Waals surface area (Å²) >= 11 is 0. The Kier molecular flexibility index (Phi) is 6.07. The molecule has 2 rings (SSSR count). The van der Waals surface area contributed by atoms with E-state index in [2.05, 4.69) is 22.5 Å². The van der Waals surface area contributed by atoms with Crippen LogP contribution in [0.15, 0.2) is 0 Å². The second kappa shape index (κ2) is 7.82. The molecule has 0 bridgehead atoms. The van der Waals surface area contributed by atoms with Gasteiger partial charge in [-0.2, -0.15) is 0 Å². The van der Waals surface area contributed by atoms with Crippen molar-refractivity contribution in [1.29, 1.82) is 0 Å². The summed E-state index contributed by atoms with van der Waals surface area (Å²) in [5, 5.41) is 6.38. The van der Waals surface area contributed by atoms with E-state index in [4.69, 9.17) is 4.74 Å². The average Bonchev–Trinajstić information content (AvgIpc) is 3.09. The van der Waals surface area contributed by atoms with Crippen LogP contribution in [-0.4, -0.2) is 62.3 Å². The maximum Gasteiger partial charge on any atom is 0.234 e. The third-order valence-electron chi connectivity index (χ3n) is 3.96. The highest BCUT2D eigenvalue weighted by molar-refractivity contribution is 5.78. The summed E-state index contributed by atoms with van der Waals surface area (Å²) in [5.41, 5.74) is 0. The van der Waals surface area contributed by atoms with Crippen molar-refractivity contribution < 1.29 is 9.53 Å². The number of hydrogen-bond acceptors (Lipinski definition) is 4. The lowest BCUT2D eigenvalue weighted by Gasteiger charge is -2.27. The third-order valence-corrected chi connectivity index (χ3v) is 3.96. The molecular formula is C14H27N3O2. The largest absolute Gasteiger partial charge is 0.376 e. The van der Waals surface area contributed by atoms with Gasteiger partial charge in [0.05, 0.1) is 12.6 Å². The second-order valence-corrected chi connectivity index (χ2v) is 5.56. The molecule has 0 aromatic heterocycles. The SMILES string of the molecule is CCCN(CC(=O)NCC1CCCO1)C1CCNC1. The molecule has 5 nitrogen and oxygen atoms in total. The molecule has 0 radical (unpaired) electrons. The maximum absolute atomic E-state index is 12.0. The standard InChI is InChI=1S/C14H27N3O2/c1-2-7-17(12-5-6-15-9-12)11-14(18)16-10-13-4-3-8-19-13/h12-13,15H,2-11H2,1H3,(H,16,18). The van der Waals surface area contributed by atoms with Crippen molar-refractivity contribution >= 4 is 5.91 Å². The second-order valence-electron chi connectivity index (χ2n) is 5.56. The van der Waals surface area contributed by atoms with Crippen molar-refractivity contribution in [3.05, 3.63) is 0 Å². The van der Waals surface area contributed by atoms with E-state index in [0.717, 1.165) is 51.9 Å². The van der Waals surface area contributed by atoms with Crippen LogP contribution >= 0.6 is 0 Å². The Balaban J connectivity index is 1.70. The van der Waals surface area contributed by atoms with Crippen LogP contribution in [-0.2, 0) is 9.53 Å². The van der Waals surface area contributed by atoms with Crippen LogP contribution in [0.4, 0.5) is 0 Å². The van der Waals surface area contributed by atoms with E-state index in [1.807, 2.05) is 0 Å². The van der Waals surface area contributed by atoms with Gasteiger partial charge in [0.1, 0.15) is 0 Å². The molecule has 0 aromatic rings. The summed E-state index contributed by atoms with van der Waals surface area (Å²) < 4.78 is 5.52. The molecule has 110 valence electrons. The van der Waals surface area contributed by atoms with Crippen molar-refractivity contribution in [3.8, 4) is 0 Å². The van der Waals surface area contributed by atoms with Crippen LogP contribution in [0.5, 0.6) is 0 Å². The predicted molar refractivity (Wildman–Crippen MR) is 75.1 cm³/mol. The molecule has 0 spiro atoms. The molecule has 2 unspecified atom stereocenters. The number of nitrogens with zero attached hydrogens (tertiary/aromatic N) is 1. The van der Waals surface area contributed by atoms with Gasteiger partial charge >= 0.3 is 0 Å². The lowest BCUT2D eigenvalue weighted by Crippen LogP contribution is -2.45. The lowest BCUT2D eigenvalue weighted by molar-refractivity contribution is -0.123. The van der Waals surface area contributed by atoms with Crippen LogP contribution in [0.2, 0.25) is 0 Å². The number of ether oxygens (including phenoxy) is 1. The van der Waals surface area contributed by atoms with Crippen LogP contribution < -0.4 is 10.6 Å². The zero-order valence-corrected chi connectivity index (χ0v) is 12.0. The van der Waals surface area contributed by atoms with E-state index in [-0.39, 0.29) is 12.0 Å². The molecule has 2 saturated heterocycles. The zero-order chi connectivity index (χ0) is 13.5. The molecule has 19 heavy (non-hydrogen) atoms. The number of nitrogens with one attached hydrogen (secondary N) is 2. The van der Waals surface area contributed by atoms with E-state index in [9.17, 15) is 4.79 Å². The zero-order valence-electron chi connectivity index (χ0n) is 12.0. The fraction of sp³-hybridized carbons (Fsp3) is 0.929. The molecular weight excluding hydrogens is 242 g/mol. The molecule has 0 aromatic carbocycles. The van der Waals surface area contributed by atoms with E-state index < -0.39 is 0 Å². The molecule has 0 saturated carbocycles. The van der Waals surface area contributed by atoms with Gasteiger partial charge in [-0.3, -0.25) is 9.69 Å². The molecule has 2 heterocycles. The van der Waals surface area contributed by atoms with Crippen LogP contribution in [0.25, 0.3) is 0 Å². The lowest BCUT2D eigenvalue weighted by atomic mass is 10.2. The maximum atomic E-state index is 12.0. The smallest absolute Gasteiger partial charge is 0.234 e. The Morgan fingerprint density at radius 1 is 1.47 bits per heavy atom. The monoisotopic (exact) mass is 269 g/mol. The molecule has 2 fully saturated rings. The Hall–Kier alpha value is -0.650. The van der Waals surface area contributed by atoms with E-state index in [1.54, 1.807) is 0 Å². The van der Waals surface area contributed by atoms with Gasteiger partial charge in [-0.15, -0.1) is 0 Å². The molecule has 5 heteroatoms. The minimum Gasteiger partial charge on any atom is -0.376 e. The van der Waals surface area contributed by atoms with E-state index in [0.29, 0.717) is 19.1 Å². The van der Waals surface area contributed by atoms with E-state index >= 15 is 0 Å². The Morgan fingerprint density at radius 2 is 2.37 bits per heavy atom. The van der Waals surface area contributed by atoms with Gasteiger partial charge in [-0.25, -0.2) is 0 Å². The first-order valence-electron chi connectivity index (χ1n) is 7.62. The van der Waals surface area contributed by atoms with Crippen molar-refractivity contribution in [2.45, 2.75) is 44.8 Å². The first-order chi connectivity index (χ1) is 9.29. The van der Waals surface area contributed by atoms with Gasteiger partial charge in [0.15, 0.2) is 0 Å². The van der Waals surface area contributed by atoms with Crippen molar-refractivity contribution in [3.63, 3.8) is 0 Å². The van der Waals surface area contributed by atoms with Gasteiger partial charge in [-0.1, -0.05) is 6.92 Å². The van der Waals surface area contributed by atoms with E-state index in [1.165, 1.54) is 0 Å². The number of rotatable bonds is 7. The summed E-state index contributed by atoms with van der Waals surface area (Å²) in [5.74, 6) is 0.135. The summed E-state index contributed by atoms with van der Waals surface area (Å²) in [6, 6.07) is 0.522. The Bertz CT molecular complexity index is 274. The van der Waals surface area contributed by atoms with Gasteiger partial charge in [-0.05, 0) is 38.8 Å². The minimum absolute atomic E-state index is 0.135. The van der Waals surface area contributed by atoms with Crippen LogP contribution in [0, 0.1) is 0 Å². The van der Waals surface area contributed by atoms with Gasteiger partial charge in [0.25, 0.3) is 0 Å². The number of carbonyl (C=O) groups is 1. The fourth-order valence-electron chi connectivity index (χ4n) is 2.90. The predicted octanol–water partition coefficient (Wildman–Crippen LogP) is 0.356. The van der Waals surface area contributed by atoms with Crippen molar-refractivity contribution in [1.82, 2.24) is 15.5 Å². The fourth-order valence-corrected chi connectivity index (χ4v) is 2.90. The summed E-state index contributed by atoms with van der Waals surface area (Å²) in [4.78, 5) is 14.3. The highest BCUT2D eigenvalue weighted by Crippen LogP contribution is 2.11. The van der Waals surface area contributed by atoms with Gasteiger partial charge < -0.3 is 15.4 Å². The third kappa shape index (κ3) is 4.75. The topological polar surface area (TPSA) is 53.6 Å². The minimum atomic E-state index is 0.135. The van der Waals surface area contributed by atoms with Crippen molar-refractivity contribution in [2.24, 2.45) is 0 Å². The summed E-state index contributed by atoms with van der Waals surface area (Å²) in [6.45, 7) is 7.28. The first-order valence-corrected chi connectivity index (χ1v) is 7.62. The number of amides is 1. The number of carbonyl (C=O) groups excluding carboxylic acids is 1. The highest BCUT2D eigenvalue weighted by Gasteiger charge is 2.24. The summed E-state index contributed by atoms with van der Waals surface area (Å²) in [7, 11) is 0. The number of hydrogen-bond donors (Lipinski definition) is 2. The Morgan fingerprint density at radius 3 is 3.00 bits per heavy atom. The van der Waals surface area contributed by atoms with Crippen molar-refractivity contribution in [2.75, 3.05) is 39.3 Å². The summed E-state index contributed by atoms with van der Waals surface area (Å²) in [6.07, 6.45) is 4.67. The van der Waals surface area contributed by atoms with Gasteiger partial charge in [0, 0.05) is 25.7 Å².